The molecule has 2 heterocycles. The second-order valence-corrected chi connectivity index (χ2v) is 6.18. The van der Waals surface area contributed by atoms with Crippen molar-refractivity contribution in [2.24, 2.45) is 0 Å². The van der Waals surface area contributed by atoms with Gasteiger partial charge >= 0.3 is 5.97 Å². The van der Waals surface area contributed by atoms with Crippen LogP contribution in [0.3, 0.4) is 0 Å². The first-order valence-corrected chi connectivity index (χ1v) is 8.25. The van der Waals surface area contributed by atoms with Crippen molar-refractivity contribution in [3.63, 3.8) is 0 Å². The van der Waals surface area contributed by atoms with E-state index in [-0.39, 0.29) is 12.5 Å². The summed E-state index contributed by atoms with van der Waals surface area (Å²) < 4.78 is 5.70. The molecule has 0 aliphatic carbocycles. The maximum atomic E-state index is 11.8. The standard InChI is InChI=1S/C17H16BrN3O3/c18-12-7-15(21-9-12)17(23)24-10-16(22)19-6-5-11-8-20-14-4-2-1-3-13(11)14/h1-4,7-9,20-21H,5-6,10H2,(H,19,22). The van der Waals surface area contributed by atoms with Crippen molar-refractivity contribution in [1.29, 1.82) is 0 Å². The molecule has 0 unspecified atom stereocenters. The highest BCUT2D eigenvalue weighted by Crippen LogP contribution is 2.17. The minimum Gasteiger partial charge on any atom is -0.451 e. The van der Waals surface area contributed by atoms with Gasteiger partial charge in [0.2, 0.25) is 0 Å². The highest BCUT2D eigenvalue weighted by molar-refractivity contribution is 9.10. The number of nitrogens with one attached hydrogen (secondary N) is 3. The molecule has 0 saturated carbocycles. The summed E-state index contributed by atoms with van der Waals surface area (Å²) in [5.41, 5.74) is 2.51. The van der Waals surface area contributed by atoms with Crippen LogP contribution in [0.5, 0.6) is 0 Å². The number of aromatic amines is 2. The Kier molecular flexibility index (Phi) is 5.00. The van der Waals surface area contributed by atoms with Crippen molar-refractivity contribution in [2.45, 2.75) is 6.42 Å². The lowest BCUT2D eigenvalue weighted by molar-refractivity contribution is -0.124. The van der Waals surface area contributed by atoms with Gasteiger partial charge in [-0.15, -0.1) is 0 Å². The van der Waals surface area contributed by atoms with Gasteiger partial charge in [0.1, 0.15) is 5.69 Å². The maximum Gasteiger partial charge on any atom is 0.355 e. The first-order valence-electron chi connectivity index (χ1n) is 7.46. The largest absolute Gasteiger partial charge is 0.451 e. The van der Waals surface area contributed by atoms with Gasteiger partial charge in [-0.25, -0.2) is 4.79 Å². The maximum absolute atomic E-state index is 11.8. The van der Waals surface area contributed by atoms with Crippen LogP contribution in [0, 0.1) is 0 Å². The molecule has 1 amide bonds. The first kappa shape index (κ1) is 16.3. The van der Waals surface area contributed by atoms with Crippen molar-refractivity contribution in [3.05, 3.63) is 58.5 Å². The van der Waals surface area contributed by atoms with Gasteiger partial charge in [-0.1, -0.05) is 18.2 Å². The summed E-state index contributed by atoms with van der Waals surface area (Å²) in [5, 5.41) is 3.90. The quantitative estimate of drug-likeness (QED) is 0.566. The molecule has 0 atom stereocenters. The number of ether oxygens (including phenoxy) is 1. The summed E-state index contributed by atoms with van der Waals surface area (Å²) in [7, 11) is 0. The zero-order valence-corrected chi connectivity index (χ0v) is 14.4. The van der Waals surface area contributed by atoms with Crippen molar-refractivity contribution in [3.8, 4) is 0 Å². The van der Waals surface area contributed by atoms with Gasteiger partial charge in [0.15, 0.2) is 6.61 Å². The number of hydrogen-bond donors (Lipinski definition) is 3. The van der Waals surface area contributed by atoms with Crippen LogP contribution in [-0.4, -0.2) is 35.0 Å². The Morgan fingerprint density at radius 1 is 1.17 bits per heavy atom. The third kappa shape index (κ3) is 3.86. The van der Waals surface area contributed by atoms with Crippen LogP contribution in [0.15, 0.2) is 47.2 Å². The van der Waals surface area contributed by atoms with Gasteiger partial charge in [-0.2, -0.15) is 0 Å². The van der Waals surface area contributed by atoms with Crippen LogP contribution in [0.1, 0.15) is 16.1 Å². The molecule has 0 bridgehead atoms. The molecule has 1 aromatic carbocycles. The Labute approximate surface area is 146 Å². The van der Waals surface area contributed by atoms with Gasteiger partial charge in [0.25, 0.3) is 5.91 Å². The fourth-order valence-corrected chi connectivity index (χ4v) is 2.76. The number of H-pyrrole nitrogens is 2. The third-order valence-corrected chi connectivity index (χ3v) is 4.05. The number of esters is 1. The van der Waals surface area contributed by atoms with Crippen molar-refractivity contribution >= 4 is 38.7 Å². The zero-order valence-electron chi connectivity index (χ0n) is 12.8. The number of aromatic nitrogens is 2. The zero-order chi connectivity index (χ0) is 16.9. The van der Waals surface area contributed by atoms with Gasteiger partial charge in [-0.05, 0) is 40.0 Å². The molecule has 3 rings (SSSR count). The molecule has 3 aromatic rings. The average Bonchev–Trinajstić information content (AvgIpc) is 3.19. The lowest BCUT2D eigenvalue weighted by Crippen LogP contribution is -2.30. The molecule has 0 spiro atoms. The number of fused-ring (bicyclic) bond motifs is 1. The second kappa shape index (κ2) is 7.35. The predicted octanol–water partition coefficient (Wildman–Crippen LogP) is 2.77. The molecule has 3 N–H and O–H groups in total. The van der Waals surface area contributed by atoms with Crippen LogP contribution in [0.25, 0.3) is 10.9 Å². The number of rotatable bonds is 6. The summed E-state index contributed by atoms with van der Waals surface area (Å²) in [6.45, 7) is 0.176. The minimum absolute atomic E-state index is 0.300. The Bertz CT molecular complexity index is 869. The SMILES string of the molecule is O=C(COC(=O)c1cc(Br)c[nH]1)NCCc1c[nH]c2ccccc12. The number of benzene rings is 1. The molecule has 0 aliphatic rings. The van der Waals surface area contributed by atoms with E-state index in [1.165, 1.54) is 0 Å². The fourth-order valence-electron chi connectivity index (χ4n) is 2.42. The van der Waals surface area contributed by atoms with Crippen molar-refractivity contribution < 1.29 is 14.3 Å². The first-order chi connectivity index (χ1) is 11.6. The highest BCUT2D eigenvalue weighted by Gasteiger charge is 2.12. The van der Waals surface area contributed by atoms with E-state index >= 15 is 0 Å². The molecule has 6 nitrogen and oxygen atoms in total. The van der Waals surface area contributed by atoms with E-state index in [0.717, 1.165) is 20.9 Å². The molecule has 24 heavy (non-hydrogen) atoms. The fraction of sp³-hybridized carbons (Fsp3) is 0.176. The van der Waals surface area contributed by atoms with E-state index in [9.17, 15) is 9.59 Å². The Hall–Kier alpha value is -2.54. The van der Waals surface area contributed by atoms with E-state index in [4.69, 9.17) is 4.74 Å². The predicted molar refractivity (Wildman–Crippen MR) is 93.8 cm³/mol. The summed E-state index contributed by atoms with van der Waals surface area (Å²) in [5.74, 6) is -0.888. The highest BCUT2D eigenvalue weighted by atomic mass is 79.9. The van der Waals surface area contributed by atoms with E-state index in [0.29, 0.717) is 18.7 Å². The van der Waals surface area contributed by atoms with Gasteiger partial charge < -0.3 is 20.0 Å². The minimum atomic E-state index is -0.563. The Morgan fingerprint density at radius 2 is 2.00 bits per heavy atom. The number of halogens is 1. The van der Waals surface area contributed by atoms with Crippen LogP contribution >= 0.6 is 15.9 Å². The molecule has 0 aliphatic heterocycles. The van der Waals surface area contributed by atoms with E-state index in [1.807, 2.05) is 30.5 Å². The Morgan fingerprint density at radius 3 is 2.79 bits per heavy atom. The normalized spacial score (nSPS) is 10.7. The molecule has 7 heteroatoms. The number of amides is 1. The molecule has 0 fully saturated rings. The van der Waals surface area contributed by atoms with Gasteiger partial charge in [-0.3, -0.25) is 4.79 Å². The summed E-state index contributed by atoms with van der Waals surface area (Å²) in [4.78, 5) is 29.4. The summed E-state index contributed by atoms with van der Waals surface area (Å²) in [6.07, 6.45) is 4.27. The summed E-state index contributed by atoms with van der Waals surface area (Å²) >= 11 is 3.23. The Balaban J connectivity index is 1.43. The van der Waals surface area contributed by atoms with Crippen molar-refractivity contribution in [1.82, 2.24) is 15.3 Å². The summed E-state index contributed by atoms with van der Waals surface area (Å²) in [6, 6.07) is 9.60. The molecular formula is C17H16BrN3O3. The second-order valence-electron chi connectivity index (χ2n) is 5.27. The van der Waals surface area contributed by atoms with Crippen molar-refractivity contribution in [2.75, 3.05) is 13.2 Å². The van der Waals surface area contributed by atoms with E-state index in [1.54, 1.807) is 12.3 Å². The van der Waals surface area contributed by atoms with Crippen LogP contribution in [0.4, 0.5) is 0 Å². The molecule has 124 valence electrons. The smallest absolute Gasteiger partial charge is 0.355 e. The average molecular weight is 390 g/mol. The van der Waals surface area contributed by atoms with Crippen LogP contribution < -0.4 is 5.32 Å². The molecular weight excluding hydrogens is 374 g/mol. The number of carbonyl (C=O) groups is 2. The lowest BCUT2D eigenvalue weighted by Gasteiger charge is -2.05. The topological polar surface area (TPSA) is 87.0 Å². The number of hydrogen-bond acceptors (Lipinski definition) is 3. The van der Waals surface area contributed by atoms with Gasteiger partial charge in [0, 0.05) is 34.3 Å². The lowest BCUT2D eigenvalue weighted by atomic mass is 10.1. The van der Waals surface area contributed by atoms with E-state index in [2.05, 4.69) is 31.2 Å². The van der Waals surface area contributed by atoms with Crippen LogP contribution in [-0.2, 0) is 16.0 Å². The third-order valence-electron chi connectivity index (χ3n) is 3.59. The van der Waals surface area contributed by atoms with Crippen LogP contribution in [0.2, 0.25) is 0 Å². The number of carbonyl (C=O) groups excluding carboxylic acids is 2. The molecule has 0 saturated heterocycles. The monoisotopic (exact) mass is 389 g/mol. The number of para-hydroxylation sites is 1. The molecule has 0 radical (unpaired) electrons. The van der Waals surface area contributed by atoms with Gasteiger partial charge in [0.05, 0.1) is 0 Å². The van der Waals surface area contributed by atoms with E-state index < -0.39 is 5.97 Å². The molecule has 2 aromatic heterocycles.